The fourth-order valence-electron chi connectivity index (χ4n) is 5.93. The number of hydrogen-bond donors (Lipinski definition) is 3. The van der Waals surface area contributed by atoms with Gasteiger partial charge in [0.15, 0.2) is 0 Å². The molecule has 1 aromatic carbocycles. The fraction of sp³-hybridized carbons (Fsp3) is 0.556. The van der Waals surface area contributed by atoms with Gasteiger partial charge in [0.25, 0.3) is 5.91 Å². The number of hydrogen-bond acceptors (Lipinski definition) is 5. The second-order valence-electron chi connectivity index (χ2n) is 10.5. The summed E-state index contributed by atoms with van der Waals surface area (Å²) in [5.41, 5.74) is 9.91. The predicted molar refractivity (Wildman–Crippen MR) is 146 cm³/mol. The van der Waals surface area contributed by atoms with Gasteiger partial charge < -0.3 is 16.0 Å². The lowest BCUT2D eigenvalue weighted by molar-refractivity contribution is 0.100. The highest BCUT2D eigenvalue weighted by molar-refractivity contribution is 7.89. The number of nitrogens with zero attached hydrogens (tertiary/aromatic N) is 3. The molecule has 9 nitrogen and oxygen atoms in total. The Hall–Kier alpha value is -2.69. The Kier molecular flexibility index (Phi) is 7.69. The molecule has 1 saturated carbocycles. The molecule has 2 aromatic heterocycles. The van der Waals surface area contributed by atoms with E-state index in [2.05, 4.69) is 21.5 Å². The maximum atomic E-state index is 12.4. The SMILES string of the molecule is CCS(=O)(=O)N1CCC(c2c[nH]c3c(C(N)=O)cc(-c4cnn(CCNCC5CCCC5)c4)cc23)CC1. The maximum absolute atomic E-state index is 12.4. The molecule has 1 saturated heterocycles. The number of primary amides is 1. The number of nitrogens with one attached hydrogen (secondary N) is 2. The molecule has 1 aliphatic carbocycles. The van der Waals surface area contributed by atoms with E-state index >= 15 is 0 Å². The number of H-pyrrole nitrogens is 1. The van der Waals surface area contributed by atoms with E-state index in [1.54, 1.807) is 11.2 Å². The van der Waals surface area contributed by atoms with Gasteiger partial charge in [0, 0.05) is 43.0 Å². The number of benzene rings is 1. The van der Waals surface area contributed by atoms with Gasteiger partial charge >= 0.3 is 0 Å². The highest BCUT2D eigenvalue weighted by Gasteiger charge is 2.29. The summed E-state index contributed by atoms with van der Waals surface area (Å²) in [5.74, 6) is 0.667. The Morgan fingerprint density at radius 1 is 1.16 bits per heavy atom. The summed E-state index contributed by atoms with van der Waals surface area (Å²) in [4.78, 5) is 15.6. The lowest BCUT2D eigenvalue weighted by atomic mass is 9.88. The molecular formula is C27H38N6O3S. The first-order valence-corrected chi connectivity index (χ1v) is 15.1. The van der Waals surface area contributed by atoms with Gasteiger partial charge in [-0.15, -0.1) is 0 Å². The molecule has 2 aliphatic rings. The molecule has 0 unspecified atom stereocenters. The van der Waals surface area contributed by atoms with Crippen molar-refractivity contribution in [3.05, 3.63) is 41.9 Å². The normalized spacial score (nSPS) is 18.2. The monoisotopic (exact) mass is 526 g/mol. The van der Waals surface area contributed by atoms with E-state index in [0.29, 0.717) is 18.7 Å². The first-order chi connectivity index (χ1) is 17.9. The van der Waals surface area contributed by atoms with E-state index in [1.165, 1.54) is 25.7 Å². The van der Waals surface area contributed by atoms with Crippen LogP contribution in [0.15, 0.2) is 30.7 Å². The Morgan fingerprint density at radius 3 is 2.62 bits per heavy atom. The zero-order chi connectivity index (χ0) is 26.0. The van der Waals surface area contributed by atoms with Crippen LogP contribution < -0.4 is 11.1 Å². The molecule has 0 radical (unpaired) electrons. The third-order valence-electron chi connectivity index (χ3n) is 8.13. The smallest absolute Gasteiger partial charge is 0.250 e. The zero-order valence-electron chi connectivity index (χ0n) is 21.6. The van der Waals surface area contributed by atoms with E-state index in [1.807, 2.05) is 29.3 Å². The number of amides is 1. The fourth-order valence-corrected chi connectivity index (χ4v) is 7.06. The minimum atomic E-state index is -3.18. The van der Waals surface area contributed by atoms with Crippen molar-refractivity contribution < 1.29 is 13.2 Å². The van der Waals surface area contributed by atoms with Crippen molar-refractivity contribution in [2.45, 2.75) is 57.9 Å². The van der Waals surface area contributed by atoms with Crippen LogP contribution in [0.5, 0.6) is 0 Å². The van der Waals surface area contributed by atoms with Crippen LogP contribution in [0.3, 0.4) is 0 Å². The van der Waals surface area contributed by atoms with Gasteiger partial charge in [-0.1, -0.05) is 12.8 Å². The number of carbonyl (C=O) groups excluding carboxylic acids is 1. The number of fused-ring (bicyclic) bond motifs is 1. The van der Waals surface area contributed by atoms with Crippen molar-refractivity contribution in [2.75, 3.05) is 31.9 Å². The van der Waals surface area contributed by atoms with Crippen LogP contribution in [0.4, 0.5) is 0 Å². The van der Waals surface area contributed by atoms with Gasteiger partial charge in [-0.05, 0) is 74.2 Å². The predicted octanol–water partition coefficient (Wildman–Crippen LogP) is 3.44. The van der Waals surface area contributed by atoms with Crippen LogP contribution in [0.2, 0.25) is 0 Å². The molecule has 10 heteroatoms. The van der Waals surface area contributed by atoms with E-state index in [4.69, 9.17) is 5.73 Å². The minimum Gasteiger partial charge on any atom is -0.366 e. The van der Waals surface area contributed by atoms with E-state index in [9.17, 15) is 13.2 Å². The quantitative estimate of drug-likeness (QED) is 0.349. The first kappa shape index (κ1) is 25.9. The molecule has 0 bridgehead atoms. The highest BCUT2D eigenvalue weighted by Crippen LogP contribution is 2.37. The molecule has 1 aliphatic heterocycles. The molecule has 0 spiro atoms. The molecular weight excluding hydrogens is 488 g/mol. The van der Waals surface area contributed by atoms with Crippen molar-refractivity contribution in [1.82, 2.24) is 24.4 Å². The Bertz CT molecular complexity index is 1350. The van der Waals surface area contributed by atoms with Gasteiger partial charge in [-0.2, -0.15) is 5.10 Å². The summed E-state index contributed by atoms with van der Waals surface area (Å²) >= 11 is 0. The van der Waals surface area contributed by atoms with Crippen LogP contribution in [0, 0.1) is 5.92 Å². The van der Waals surface area contributed by atoms with E-state index < -0.39 is 15.9 Å². The Labute approximate surface area is 218 Å². The molecule has 2 fully saturated rings. The van der Waals surface area contributed by atoms with Gasteiger partial charge in [0.2, 0.25) is 10.0 Å². The van der Waals surface area contributed by atoms with Crippen molar-refractivity contribution >= 4 is 26.8 Å². The standard InChI is InChI=1S/C27H38N6O3S/c1-2-37(35,36)33-10-7-20(8-11-33)25-17-30-26-23(25)13-21(14-24(26)27(28)34)22-16-31-32(18-22)12-9-29-15-19-5-3-4-6-19/h13-14,16-20,29-30H,2-12,15H2,1H3,(H2,28,34). The van der Waals surface area contributed by atoms with Crippen LogP contribution >= 0.6 is 0 Å². The number of aromatic amines is 1. The second-order valence-corrected chi connectivity index (χ2v) is 12.7. The molecule has 3 heterocycles. The number of nitrogens with two attached hydrogens (primary N) is 1. The van der Waals surface area contributed by atoms with Crippen LogP contribution in [-0.4, -0.2) is 65.3 Å². The van der Waals surface area contributed by atoms with Crippen molar-refractivity contribution in [3.63, 3.8) is 0 Å². The third-order valence-corrected chi connectivity index (χ3v) is 10.0. The number of carbonyl (C=O) groups is 1. The zero-order valence-corrected chi connectivity index (χ0v) is 22.4. The topological polar surface area (TPSA) is 126 Å². The van der Waals surface area contributed by atoms with Crippen molar-refractivity contribution in [2.24, 2.45) is 11.7 Å². The van der Waals surface area contributed by atoms with E-state index in [-0.39, 0.29) is 11.7 Å². The Balaban J connectivity index is 1.34. The molecule has 5 rings (SSSR count). The summed E-state index contributed by atoms with van der Waals surface area (Å²) in [7, 11) is -3.18. The number of rotatable bonds is 10. The van der Waals surface area contributed by atoms with Crippen molar-refractivity contribution in [1.29, 1.82) is 0 Å². The van der Waals surface area contributed by atoms with Gasteiger partial charge in [0.1, 0.15) is 0 Å². The lowest BCUT2D eigenvalue weighted by Crippen LogP contribution is -2.38. The molecule has 4 N–H and O–H groups in total. The molecule has 200 valence electrons. The van der Waals surface area contributed by atoms with Crippen LogP contribution in [0.1, 0.15) is 67.3 Å². The average Bonchev–Trinajstić information content (AvgIpc) is 3.67. The number of aromatic nitrogens is 3. The molecule has 37 heavy (non-hydrogen) atoms. The second kappa shape index (κ2) is 11.0. The first-order valence-electron chi connectivity index (χ1n) is 13.5. The average molecular weight is 527 g/mol. The summed E-state index contributed by atoms with van der Waals surface area (Å²) in [6.07, 6.45) is 12.7. The maximum Gasteiger partial charge on any atom is 0.250 e. The summed E-state index contributed by atoms with van der Waals surface area (Å²) < 4.78 is 28.1. The minimum absolute atomic E-state index is 0.125. The largest absolute Gasteiger partial charge is 0.366 e. The van der Waals surface area contributed by atoms with Crippen molar-refractivity contribution in [3.8, 4) is 11.1 Å². The van der Waals surface area contributed by atoms with Gasteiger partial charge in [0.05, 0.1) is 29.6 Å². The summed E-state index contributed by atoms with van der Waals surface area (Å²) in [6, 6.07) is 3.93. The molecule has 0 atom stereocenters. The lowest BCUT2D eigenvalue weighted by Gasteiger charge is -2.31. The third kappa shape index (κ3) is 5.61. The van der Waals surface area contributed by atoms with Crippen LogP contribution in [0.25, 0.3) is 22.0 Å². The summed E-state index contributed by atoms with van der Waals surface area (Å²) in [6.45, 7) is 5.44. The molecule has 3 aromatic rings. The number of sulfonamides is 1. The van der Waals surface area contributed by atoms with Gasteiger partial charge in [-0.3, -0.25) is 9.48 Å². The molecule has 1 amide bonds. The van der Waals surface area contributed by atoms with E-state index in [0.717, 1.165) is 66.0 Å². The van der Waals surface area contributed by atoms with Gasteiger partial charge in [-0.25, -0.2) is 12.7 Å². The Morgan fingerprint density at radius 2 is 1.92 bits per heavy atom. The summed E-state index contributed by atoms with van der Waals surface area (Å²) in [5, 5.41) is 9.08. The highest BCUT2D eigenvalue weighted by atomic mass is 32.2. The van der Waals surface area contributed by atoms with Crippen LogP contribution in [-0.2, 0) is 16.6 Å². The number of piperidine rings is 1.